The SMILES string of the molecule is CCc1ccc(NC(=O)CCN(C(C)=O)c2ccccc2Cl)cc1. The van der Waals surface area contributed by atoms with Gasteiger partial charge in [-0.2, -0.15) is 0 Å². The zero-order valence-electron chi connectivity index (χ0n) is 13.9. The van der Waals surface area contributed by atoms with Crippen LogP contribution >= 0.6 is 11.6 Å². The number of carbonyl (C=O) groups excluding carboxylic acids is 2. The Morgan fingerprint density at radius 1 is 1.08 bits per heavy atom. The predicted molar refractivity (Wildman–Crippen MR) is 98.5 cm³/mol. The van der Waals surface area contributed by atoms with E-state index in [1.165, 1.54) is 17.4 Å². The molecule has 4 nitrogen and oxygen atoms in total. The van der Waals surface area contributed by atoms with E-state index in [1.54, 1.807) is 18.2 Å². The lowest BCUT2D eigenvalue weighted by Crippen LogP contribution is -2.32. The molecule has 2 aromatic carbocycles. The van der Waals surface area contributed by atoms with Crippen LogP contribution in [0, 0.1) is 0 Å². The number of carbonyl (C=O) groups is 2. The van der Waals surface area contributed by atoms with Gasteiger partial charge in [0.1, 0.15) is 0 Å². The zero-order chi connectivity index (χ0) is 17.5. The van der Waals surface area contributed by atoms with Gasteiger partial charge in [0.2, 0.25) is 11.8 Å². The number of hydrogen-bond donors (Lipinski definition) is 1. The van der Waals surface area contributed by atoms with Crippen molar-refractivity contribution in [1.29, 1.82) is 0 Å². The first-order chi connectivity index (χ1) is 11.5. The summed E-state index contributed by atoms with van der Waals surface area (Å²) < 4.78 is 0. The lowest BCUT2D eigenvalue weighted by molar-refractivity contribution is -0.117. The first-order valence-corrected chi connectivity index (χ1v) is 8.30. The van der Waals surface area contributed by atoms with Crippen molar-refractivity contribution < 1.29 is 9.59 Å². The van der Waals surface area contributed by atoms with E-state index in [0.717, 1.165) is 12.1 Å². The molecule has 0 bridgehead atoms. The van der Waals surface area contributed by atoms with Gasteiger partial charge in [-0.25, -0.2) is 0 Å². The molecule has 2 aromatic rings. The van der Waals surface area contributed by atoms with Crippen LogP contribution in [0.3, 0.4) is 0 Å². The largest absolute Gasteiger partial charge is 0.326 e. The number of para-hydroxylation sites is 1. The highest BCUT2D eigenvalue weighted by Gasteiger charge is 2.15. The van der Waals surface area contributed by atoms with Gasteiger partial charge >= 0.3 is 0 Å². The third kappa shape index (κ3) is 4.83. The Morgan fingerprint density at radius 3 is 2.33 bits per heavy atom. The molecule has 24 heavy (non-hydrogen) atoms. The number of anilines is 2. The van der Waals surface area contributed by atoms with Crippen molar-refractivity contribution in [2.45, 2.75) is 26.7 Å². The van der Waals surface area contributed by atoms with Crippen LogP contribution in [0.25, 0.3) is 0 Å². The number of aryl methyl sites for hydroxylation is 1. The molecular weight excluding hydrogens is 324 g/mol. The molecule has 0 atom stereocenters. The topological polar surface area (TPSA) is 49.4 Å². The Morgan fingerprint density at radius 2 is 1.75 bits per heavy atom. The maximum Gasteiger partial charge on any atom is 0.226 e. The van der Waals surface area contributed by atoms with Gasteiger partial charge in [0.25, 0.3) is 0 Å². The van der Waals surface area contributed by atoms with Crippen LogP contribution in [0.1, 0.15) is 25.8 Å². The summed E-state index contributed by atoms with van der Waals surface area (Å²) in [4.78, 5) is 25.5. The second kappa shape index (κ2) is 8.50. The minimum Gasteiger partial charge on any atom is -0.326 e. The molecule has 0 aliphatic carbocycles. The minimum absolute atomic E-state index is 0.141. The van der Waals surface area contributed by atoms with E-state index in [0.29, 0.717) is 10.7 Å². The molecule has 126 valence electrons. The van der Waals surface area contributed by atoms with Crippen molar-refractivity contribution in [2.24, 2.45) is 0 Å². The molecule has 1 N–H and O–H groups in total. The lowest BCUT2D eigenvalue weighted by atomic mass is 10.1. The Bertz CT molecular complexity index is 714. The molecule has 0 saturated heterocycles. The Hall–Kier alpha value is -2.33. The van der Waals surface area contributed by atoms with Crippen LogP contribution in [0.4, 0.5) is 11.4 Å². The number of benzene rings is 2. The van der Waals surface area contributed by atoms with Crippen molar-refractivity contribution >= 4 is 34.8 Å². The molecule has 0 aromatic heterocycles. The summed E-state index contributed by atoms with van der Waals surface area (Å²) in [6, 6.07) is 14.8. The minimum atomic E-state index is -0.150. The van der Waals surface area contributed by atoms with Crippen molar-refractivity contribution in [3.05, 3.63) is 59.1 Å². The van der Waals surface area contributed by atoms with Gasteiger partial charge in [-0.15, -0.1) is 0 Å². The van der Waals surface area contributed by atoms with Crippen LogP contribution in [-0.2, 0) is 16.0 Å². The Kier molecular flexibility index (Phi) is 6.38. The molecule has 2 amide bonds. The van der Waals surface area contributed by atoms with Crippen LogP contribution in [-0.4, -0.2) is 18.4 Å². The Balaban J connectivity index is 1.97. The molecular formula is C19H21ClN2O2. The van der Waals surface area contributed by atoms with Gasteiger partial charge in [0.15, 0.2) is 0 Å². The number of halogens is 1. The number of hydrogen-bond acceptors (Lipinski definition) is 2. The highest BCUT2D eigenvalue weighted by Crippen LogP contribution is 2.25. The standard InChI is InChI=1S/C19H21ClN2O2/c1-3-15-8-10-16(11-9-15)21-19(24)12-13-22(14(2)23)18-7-5-4-6-17(18)20/h4-11H,3,12-13H2,1-2H3,(H,21,24). The normalized spacial score (nSPS) is 10.3. The Labute approximate surface area is 147 Å². The summed E-state index contributed by atoms with van der Waals surface area (Å²) in [6.07, 6.45) is 1.15. The fourth-order valence-corrected chi connectivity index (χ4v) is 2.62. The maximum absolute atomic E-state index is 12.1. The van der Waals surface area contributed by atoms with Crippen molar-refractivity contribution in [1.82, 2.24) is 0 Å². The zero-order valence-corrected chi connectivity index (χ0v) is 14.6. The molecule has 0 aliphatic rings. The smallest absolute Gasteiger partial charge is 0.226 e. The van der Waals surface area contributed by atoms with E-state index in [2.05, 4.69) is 12.2 Å². The predicted octanol–water partition coefficient (Wildman–Crippen LogP) is 4.28. The van der Waals surface area contributed by atoms with E-state index in [4.69, 9.17) is 11.6 Å². The molecule has 0 heterocycles. The third-order valence-corrected chi connectivity index (χ3v) is 4.05. The van der Waals surface area contributed by atoms with Crippen LogP contribution in [0.5, 0.6) is 0 Å². The molecule has 0 fully saturated rings. The van der Waals surface area contributed by atoms with Crippen molar-refractivity contribution in [2.75, 3.05) is 16.8 Å². The molecule has 0 aliphatic heterocycles. The van der Waals surface area contributed by atoms with E-state index >= 15 is 0 Å². The van der Waals surface area contributed by atoms with Gasteiger partial charge in [0.05, 0.1) is 10.7 Å². The lowest BCUT2D eigenvalue weighted by Gasteiger charge is -2.22. The summed E-state index contributed by atoms with van der Waals surface area (Å²) >= 11 is 6.14. The van der Waals surface area contributed by atoms with Crippen LogP contribution in [0.2, 0.25) is 5.02 Å². The van der Waals surface area contributed by atoms with E-state index in [1.807, 2.05) is 30.3 Å². The number of amides is 2. The average Bonchev–Trinajstić information content (AvgIpc) is 2.57. The molecule has 2 rings (SSSR count). The number of rotatable bonds is 6. The van der Waals surface area contributed by atoms with Gasteiger partial charge < -0.3 is 10.2 Å². The second-order valence-electron chi connectivity index (χ2n) is 5.47. The molecule has 5 heteroatoms. The highest BCUT2D eigenvalue weighted by molar-refractivity contribution is 6.33. The molecule has 0 unspecified atom stereocenters. The van der Waals surface area contributed by atoms with Crippen LogP contribution in [0.15, 0.2) is 48.5 Å². The molecule has 0 radical (unpaired) electrons. The molecule has 0 spiro atoms. The fraction of sp³-hybridized carbons (Fsp3) is 0.263. The van der Waals surface area contributed by atoms with Crippen molar-refractivity contribution in [3.63, 3.8) is 0 Å². The number of nitrogens with zero attached hydrogens (tertiary/aromatic N) is 1. The van der Waals surface area contributed by atoms with Gasteiger partial charge in [0, 0.05) is 25.6 Å². The van der Waals surface area contributed by atoms with Crippen molar-refractivity contribution in [3.8, 4) is 0 Å². The number of nitrogens with one attached hydrogen (secondary N) is 1. The van der Waals surface area contributed by atoms with E-state index in [-0.39, 0.29) is 24.8 Å². The highest BCUT2D eigenvalue weighted by atomic mass is 35.5. The maximum atomic E-state index is 12.1. The molecule has 0 saturated carbocycles. The monoisotopic (exact) mass is 344 g/mol. The van der Waals surface area contributed by atoms with Gasteiger partial charge in [-0.3, -0.25) is 9.59 Å². The summed E-state index contributed by atoms with van der Waals surface area (Å²) in [5, 5.41) is 3.33. The first-order valence-electron chi connectivity index (χ1n) is 7.92. The third-order valence-electron chi connectivity index (χ3n) is 3.73. The summed E-state index contributed by atoms with van der Waals surface area (Å²) in [5.41, 5.74) is 2.59. The fourth-order valence-electron chi connectivity index (χ4n) is 2.38. The van der Waals surface area contributed by atoms with Gasteiger partial charge in [-0.05, 0) is 36.2 Å². The van der Waals surface area contributed by atoms with E-state index < -0.39 is 0 Å². The second-order valence-corrected chi connectivity index (χ2v) is 5.88. The summed E-state index contributed by atoms with van der Waals surface area (Å²) in [7, 11) is 0. The van der Waals surface area contributed by atoms with E-state index in [9.17, 15) is 9.59 Å². The average molecular weight is 345 g/mol. The van der Waals surface area contributed by atoms with Gasteiger partial charge in [-0.1, -0.05) is 42.8 Å². The summed E-state index contributed by atoms with van der Waals surface area (Å²) in [6.45, 7) is 3.82. The first kappa shape index (κ1) is 18.0. The summed E-state index contributed by atoms with van der Waals surface area (Å²) in [5.74, 6) is -0.291. The van der Waals surface area contributed by atoms with Crippen LogP contribution < -0.4 is 10.2 Å². The quantitative estimate of drug-likeness (QED) is 0.850.